The maximum atomic E-state index is 13.8. The van der Waals surface area contributed by atoms with Crippen LogP contribution in [0.2, 0.25) is 5.02 Å². The van der Waals surface area contributed by atoms with E-state index in [-0.39, 0.29) is 17.3 Å². The lowest BCUT2D eigenvalue weighted by atomic mass is 10.2. The van der Waals surface area contributed by atoms with Gasteiger partial charge >= 0.3 is 0 Å². The summed E-state index contributed by atoms with van der Waals surface area (Å²) in [6, 6.07) is 12.0. The molecule has 0 aliphatic heterocycles. The van der Waals surface area contributed by atoms with Crippen molar-refractivity contribution in [2.75, 3.05) is 11.1 Å². The molecule has 0 bridgehead atoms. The zero-order valence-corrected chi connectivity index (χ0v) is 17.1. The molecule has 4 aromatic rings. The van der Waals surface area contributed by atoms with Crippen molar-refractivity contribution in [2.24, 2.45) is 0 Å². The first-order chi connectivity index (χ1) is 14.1. The second kappa shape index (κ2) is 8.34. The van der Waals surface area contributed by atoms with Crippen LogP contribution in [0.4, 0.5) is 10.1 Å². The Labute approximate surface area is 175 Å². The lowest BCUT2D eigenvalue weighted by molar-refractivity contribution is -0.113. The number of hydrogen-bond acceptors (Lipinski definition) is 5. The minimum Gasteiger partial charge on any atom is -0.324 e. The number of aromatic nitrogens is 4. The quantitative estimate of drug-likeness (QED) is 0.441. The topological polar surface area (TPSA) is 72.7 Å². The molecule has 148 valence electrons. The highest BCUT2D eigenvalue weighted by atomic mass is 35.5. The number of fused-ring (bicyclic) bond motifs is 3. The van der Waals surface area contributed by atoms with Gasteiger partial charge in [0.2, 0.25) is 11.1 Å². The second-order valence-electron chi connectivity index (χ2n) is 6.40. The van der Waals surface area contributed by atoms with Crippen LogP contribution >= 0.6 is 23.4 Å². The number of amides is 1. The molecule has 2 heterocycles. The molecule has 0 radical (unpaired) electrons. The smallest absolute Gasteiger partial charge is 0.234 e. The molecule has 0 spiro atoms. The van der Waals surface area contributed by atoms with Gasteiger partial charge in [-0.1, -0.05) is 48.5 Å². The van der Waals surface area contributed by atoms with E-state index in [1.165, 1.54) is 18.2 Å². The first-order valence-corrected chi connectivity index (χ1v) is 10.4. The Bertz CT molecular complexity index is 1210. The Morgan fingerprint density at radius 3 is 2.90 bits per heavy atom. The standard InChI is InChI=1S/C20H17ClFN5OS/c1-2-9-27-16-6-4-3-5-13(16)18-19(27)24-20(26-25-18)29-11-17(28)23-15-10-12(21)7-8-14(15)22/h3-8,10H,2,9,11H2,1H3,(H,23,28). The van der Waals surface area contributed by atoms with E-state index >= 15 is 0 Å². The normalized spacial score (nSPS) is 11.3. The Hall–Kier alpha value is -2.71. The Kier molecular flexibility index (Phi) is 5.64. The van der Waals surface area contributed by atoms with Crippen LogP contribution in [-0.2, 0) is 11.3 Å². The molecule has 29 heavy (non-hydrogen) atoms. The van der Waals surface area contributed by atoms with Crippen LogP contribution in [0.15, 0.2) is 47.6 Å². The number of thioether (sulfide) groups is 1. The van der Waals surface area contributed by atoms with Crippen molar-refractivity contribution in [1.82, 2.24) is 19.7 Å². The third kappa shape index (κ3) is 4.04. The van der Waals surface area contributed by atoms with E-state index in [9.17, 15) is 9.18 Å². The van der Waals surface area contributed by atoms with Gasteiger partial charge in [-0.3, -0.25) is 4.79 Å². The van der Waals surface area contributed by atoms with Gasteiger partial charge in [0.15, 0.2) is 5.65 Å². The number of hydrogen-bond donors (Lipinski definition) is 1. The van der Waals surface area contributed by atoms with Crippen LogP contribution in [0.1, 0.15) is 13.3 Å². The summed E-state index contributed by atoms with van der Waals surface area (Å²) < 4.78 is 15.9. The third-order valence-corrected chi connectivity index (χ3v) is 5.41. The molecule has 0 aliphatic carbocycles. The Morgan fingerprint density at radius 1 is 1.24 bits per heavy atom. The molecule has 0 atom stereocenters. The Morgan fingerprint density at radius 2 is 2.07 bits per heavy atom. The maximum absolute atomic E-state index is 13.8. The number of carbonyl (C=O) groups excluding carboxylic acids is 1. The van der Waals surface area contributed by atoms with Crippen molar-refractivity contribution in [3.8, 4) is 0 Å². The molecule has 0 saturated heterocycles. The average Bonchev–Trinajstić information content (AvgIpc) is 3.03. The fraction of sp³-hybridized carbons (Fsp3) is 0.200. The van der Waals surface area contributed by atoms with E-state index in [0.717, 1.165) is 46.8 Å². The van der Waals surface area contributed by atoms with E-state index in [0.29, 0.717) is 10.2 Å². The molecule has 1 N–H and O–H groups in total. The summed E-state index contributed by atoms with van der Waals surface area (Å²) in [7, 11) is 0. The van der Waals surface area contributed by atoms with Crippen molar-refractivity contribution in [1.29, 1.82) is 0 Å². The molecule has 0 saturated carbocycles. The van der Waals surface area contributed by atoms with E-state index < -0.39 is 5.82 Å². The van der Waals surface area contributed by atoms with Crippen LogP contribution in [0.25, 0.3) is 22.1 Å². The maximum Gasteiger partial charge on any atom is 0.234 e. The van der Waals surface area contributed by atoms with Crippen molar-refractivity contribution in [2.45, 2.75) is 25.0 Å². The number of para-hydroxylation sites is 1. The van der Waals surface area contributed by atoms with Gasteiger partial charge in [-0.2, -0.15) is 0 Å². The zero-order valence-electron chi connectivity index (χ0n) is 15.5. The fourth-order valence-electron chi connectivity index (χ4n) is 3.11. The van der Waals surface area contributed by atoms with Crippen LogP contribution < -0.4 is 5.32 Å². The van der Waals surface area contributed by atoms with E-state index in [2.05, 4.69) is 32.0 Å². The number of nitrogens with one attached hydrogen (secondary N) is 1. The highest BCUT2D eigenvalue weighted by Crippen LogP contribution is 2.27. The molecule has 0 unspecified atom stereocenters. The van der Waals surface area contributed by atoms with Gasteiger partial charge in [0, 0.05) is 17.0 Å². The van der Waals surface area contributed by atoms with Crippen molar-refractivity contribution in [3.05, 3.63) is 53.3 Å². The van der Waals surface area contributed by atoms with Gasteiger partial charge in [-0.05, 0) is 30.7 Å². The van der Waals surface area contributed by atoms with Gasteiger partial charge < -0.3 is 9.88 Å². The first kappa shape index (κ1) is 19.6. The molecule has 2 aromatic heterocycles. The fourth-order valence-corrected chi connectivity index (χ4v) is 3.86. The van der Waals surface area contributed by atoms with Gasteiger partial charge in [0.25, 0.3) is 0 Å². The number of rotatable bonds is 6. The van der Waals surface area contributed by atoms with Gasteiger partial charge in [0.05, 0.1) is 17.0 Å². The molecular weight excluding hydrogens is 413 g/mol. The number of nitrogens with zero attached hydrogens (tertiary/aromatic N) is 4. The number of carbonyl (C=O) groups is 1. The van der Waals surface area contributed by atoms with Crippen LogP contribution in [0.5, 0.6) is 0 Å². The summed E-state index contributed by atoms with van der Waals surface area (Å²) in [4.78, 5) is 16.8. The molecular formula is C20H17ClFN5OS. The number of aryl methyl sites for hydroxylation is 1. The predicted molar refractivity (Wildman–Crippen MR) is 114 cm³/mol. The molecule has 2 aromatic carbocycles. The molecule has 4 rings (SSSR count). The van der Waals surface area contributed by atoms with Crippen LogP contribution in [0.3, 0.4) is 0 Å². The number of benzene rings is 2. The van der Waals surface area contributed by atoms with E-state index in [4.69, 9.17) is 11.6 Å². The summed E-state index contributed by atoms with van der Waals surface area (Å²) >= 11 is 6.99. The SMILES string of the molecule is CCCn1c2ccccc2c2nnc(SCC(=O)Nc3cc(Cl)ccc3F)nc21. The lowest BCUT2D eigenvalue weighted by Crippen LogP contribution is -2.15. The molecule has 1 amide bonds. The average molecular weight is 430 g/mol. The summed E-state index contributed by atoms with van der Waals surface area (Å²) in [5.74, 6) is -0.905. The summed E-state index contributed by atoms with van der Waals surface area (Å²) in [6.45, 7) is 2.91. The lowest BCUT2D eigenvalue weighted by Gasteiger charge is -2.07. The second-order valence-corrected chi connectivity index (χ2v) is 7.78. The van der Waals surface area contributed by atoms with Crippen LogP contribution in [0, 0.1) is 5.82 Å². The third-order valence-electron chi connectivity index (χ3n) is 4.34. The summed E-state index contributed by atoms with van der Waals surface area (Å²) in [6.07, 6.45) is 0.952. The van der Waals surface area contributed by atoms with E-state index in [1.54, 1.807) is 0 Å². The van der Waals surface area contributed by atoms with Gasteiger partial charge in [-0.15, -0.1) is 10.2 Å². The van der Waals surface area contributed by atoms with Crippen LogP contribution in [-0.4, -0.2) is 31.4 Å². The van der Waals surface area contributed by atoms with Gasteiger partial charge in [-0.25, -0.2) is 9.37 Å². The molecule has 0 fully saturated rings. The molecule has 0 aliphatic rings. The highest BCUT2D eigenvalue weighted by molar-refractivity contribution is 7.99. The van der Waals surface area contributed by atoms with Crippen molar-refractivity contribution >= 4 is 57.0 Å². The monoisotopic (exact) mass is 429 g/mol. The molecule has 6 nitrogen and oxygen atoms in total. The Balaban J connectivity index is 1.55. The number of halogens is 2. The minimum absolute atomic E-state index is 0.0210. The first-order valence-electron chi connectivity index (χ1n) is 9.06. The number of anilines is 1. The summed E-state index contributed by atoms with van der Waals surface area (Å²) in [5, 5.41) is 12.7. The minimum atomic E-state index is -0.545. The van der Waals surface area contributed by atoms with Crippen molar-refractivity contribution < 1.29 is 9.18 Å². The van der Waals surface area contributed by atoms with E-state index in [1.807, 2.05) is 24.3 Å². The predicted octanol–water partition coefficient (Wildman–Crippen LogP) is 4.91. The van der Waals surface area contributed by atoms with Crippen molar-refractivity contribution in [3.63, 3.8) is 0 Å². The largest absolute Gasteiger partial charge is 0.324 e. The zero-order chi connectivity index (χ0) is 20.4. The summed E-state index contributed by atoms with van der Waals surface area (Å²) in [5.41, 5.74) is 2.58. The molecule has 9 heteroatoms. The highest BCUT2D eigenvalue weighted by Gasteiger charge is 2.15. The van der Waals surface area contributed by atoms with Gasteiger partial charge in [0.1, 0.15) is 11.3 Å².